The highest BCUT2D eigenvalue weighted by atomic mass is 35.5. The van der Waals surface area contributed by atoms with Crippen LogP contribution in [0.25, 0.3) is 0 Å². The Morgan fingerprint density at radius 2 is 1.91 bits per heavy atom. The average Bonchev–Trinajstić information content (AvgIpc) is 2.54. The van der Waals surface area contributed by atoms with E-state index in [-0.39, 0.29) is 5.91 Å². The maximum Gasteiger partial charge on any atom is 0.259 e. The quantitative estimate of drug-likeness (QED) is 0.831. The molecule has 0 aliphatic carbocycles. The number of anilines is 1. The minimum Gasteiger partial charge on any atom is -0.496 e. The fourth-order valence-electron chi connectivity index (χ4n) is 2.19. The van der Waals surface area contributed by atoms with Crippen LogP contribution in [0.3, 0.4) is 0 Å². The number of carbonyl (C=O) groups excluding carboxylic acids is 1. The van der Waals surface area contributed by atoms with Gasteiger partial charge in [0.25, 0.3) is 5.91 Å². The van der Waals surface area contributed by atoms with Crippen LogP contribution in [0.4, 0.5) is 5.69 Å². The standard InChI is InChI=1S/C18H20ClNO2/c1-4-12(2)13-5-8-15(9-6-13)20-18(21)16-11-14(19)7-10-17(16)22-3/h5-12H,4H2,1-3H3,(H,20,21)/t12-/m0/s1. The Morgan fingerprint density at radius 3 is 2.50 bits per heavy atom. The molecule has 116 valence electrons. The van der Waals surface area contributed by atoms with Gasteiger partial charge in [0.2, 0.25) is 0 Å². The Balaban J connectivity index is 2.17. The van der Waals surface area contributed by atoms with Crippen LogP contribution in [0, 0.1) is 0 Å². The second kappa shape index (κ2) is 7.32. The van der Waals surface area contributed by atoms with Crippen molar-refractivity contribution in [1.82, 2.24) is 0 Å². The number of amides is 1. The molecule has 0 saturated heterocycles. The predicted molar refractivity (Wildman–Crippen MR) is 91.1 cm³/mol. The first-order chi connectivity index (χ1) is 10.5. The van der Waals surface area contributed by atoms with E-state index in [0.29, 0.717) is 22.3 Å². The summed E-state index contributed by atoms with van der Waals surface area (Å²) in [7, 11) is 1.53. The minimum absolute atomic E-state index is 0.240. The largest absolute Gasteiger partial charge is 0.496 e. The molecule has 0 aliphatic heterocycles. The molecule has 1 amide bonds. The van der Waals surface area contributed by atoms with E-state index in [0.717, 1.165) is 12.1 Å². The van der Waals surface area contributed by atoms with E-state index in [1.165, 1.54) is 12.7 Å². The molecule has 0 aliphatic rings. The lowest BCUT2D eigenvalue weighted by Gasteiger charge is -2.12. The molecule has 0 unspecified atom stereocenters. The summed E-state index contributed by atoms with van der Waals surface area (Å²) in [5.41, 5.74) is 2.43. The summed E-state index contributed by atoms with van der Waals surface area (Å²) < 4.78 is 5.20. The third-order valence-electron chi connectivity index (χ3n) is 3.76. The van der Waals surface area contributed by atoms with Crippen LogP contribution in [0.5, 0.6) is 5.75 Å². The van der Waals surface area contributed by atoms with Crippen molar-refractivity contribution < 1.29 is 9.53 Å². The molecule has 1 N–H and O–H groups in total. The Hall–Kier alpha value is -2.00. The Bertz CT molecular complexity index is 653. The van der Waals surface area contributed by atoms with Crippen molar-refractivity contribution in [3.63, 3.8) is 0 Å². The van der Waals surface area contributed by atoms with Crippen LogP contribution in [-0.4, -0.2) is 13.0 Å². The fraction of sp³-hybridized carbons (Fsp3) is 0.278. The van der Waals surface area contributed by atoms with Crippen LogP contribution in [0.2, 0.25) is 5.02 Å². The highest BCUT2D eigenvalue weighted by molar-refractivity contribution is 6.31. The zero-order chi connectivity index (χ0) is 16.1. The highest BCUT2D eigenvalue weighted by Crippen LogP contribution is 2.25. The summed E-state index contributed by atoms with van der Waals surface area (Å²) in [4.78, 5) is 12.4. The molecule has 2 aromatic carbocycles. The maximum atomic E-state index is 12.4. The summed E-state index contributed by atoms with van der Waals surface area (Å²) in [5, 5.41) is 3.36. The summed E-state index contributed by atoms with van der Waals surface area (Å²) in [6.45, 7) is 4.34. The van der Waals surface area contributed by atoms with E-state index in [1.54, 1.807) is 18.2 Å². The van der Waals surface area contributed by atoms with Gasteiger partial charge in [0.05, 0.1) is 12.7 Å². The molecule has 2 rings (SSSR count). The van der Waals surface area contributed by atoms with Gasteiger partial charge in [-0.05, 0) is 48.2 Å². The molecule has 0 aromatic heterocycles. The highest BCUT2D eigenvalue weighted by Gasteiger charge is 2.13. The number of benzene rings is 2. The zero-order valence-corrected chi connectivity index (χ0v) is 13.8. The van der Waals surface area contributed by atoms with Gasteiger partial charge in [-0.2, -0.15) is 0 Å². The average molecular weight is 318 g/mol. The van der Waals surface area contributed by atoms with Crippen molar-refractivity contribution in [3.8, 4) is 5.75 Å². The van der Waals surface area contributed by atoms with E-state index in [9.17, 15) is 4.79 Å². The van der Waals surface area contributed by atoms with Gasteiger partial charge >= 0.3 is 0 Å². The molecule has 0 bridgehead atoms. The van der Waals surface area contributed by atoms with E-state index >= 15 is 0 Å². The van der Waals surface area contributed by atoms with E-state index in [4.69, 9.17) is 16.3 Å². The molecule has 2 aromatic rings. The van der Waals surface area contributed by atoms with Crippen LogP contribution < -0.4 is 10.1 Å². The van der Waals surface area contributed by atoms with E-state index in [1.807, 2.05) is 24.3 Å². The Labute approximate surface area is 136 Å². The molecule has 0 saturated carbocycles. The predicted octanol–water partition coefficient (Wildman–Crippen LogP) is 5.11. The summed E-state index contributed by atoms with van der Waals surface area (Å²) in [5.74, 6) is 0.770. The van der Waals surface area contributed by atoms with Crippen molar-refractivity contribution >= 4 is 23.2 Å². The number of hydrogen-bond acceptors (Lipinski definition) is 2. The van der Waals surface area contributed by atoms with E-state index in [2.05, 4.69) is 19.2 Å². The van der Waals surface area contributed by atoms with Gasteiger partial charge in [-0.15, -0.1) is 0 Å². The number of nitrogens with one attached hydrogen (secondary N) is 1. The molecule has 22 heavy (non-hydrogen) atoms. The zero-order valence-electron chi connectivity index (χ0n) is 13.0. The van der Waals surface area contributed by atoms with Gasteiger partial charge in [-0.25, -0.2) is 0 Å². The molecule has 3 nitrogen and oxygen atoms in total. The lowest BCUT2D eigenvalue weighted by Crippen LogP contribution is -2.13. The van der Waals surface area contributed by atoms with Crippen LogP contribution in [0.15, 0.2) is 42.5 Å². The van der Waals surface area contributed by atoms with E-state index < -0.39 is 0 Å². The summed E-state index contributed by atoms with van der Waals surface area (Å²) in [6, 6.07) is 12.9. The van der Waals surface area contributed by atoms with Crippen molar-refractivity contribution in [2.75, 3.05) is 12.4 Å². The van der Waals surface area contributed by atoms with Gasteiger partial charge in [-0.1, -0.05) is 37.6 Å². The maximum absolute atomic E-state index is 12.4. The molecule has 0 heterocycles. The molecular weight excluding hydrogens is 298 g/mol. The fourth-order valence-corrected chi connectivity index (χ4v) is 2.36. The normalized spacial score (nSPS) is 11.8. The molecule has 0 spiro atoms. The molecule has 4 heteroatoms. The number of rotatable bonds is 5. The lowest BCUT2D eigenvalue weighted by atomic mass is 9.98. The molecule has 1 atom stereocenters. The summed E-state index contributed by atoms with van der Waals surface area (Å²) in [6.07, 6.45) is 1.09. The van der Waals surface area contributed by atoms with Gasteiger partial charge in [0.1, 0.15) is 5.75 Å². The first kappa shape index (κ1) is 16.4. The van der Waals surface area contributed by atoms with Crippen LogP contribution >= 0.6 is 11.6 Å². The molecule has 0 radical (unpaired) electrons. The van der Waals surface area contributed by atoms with Gasteiger partial charge in [-0.3, -0.25) is 4.79 Å². The number of methoxy groups -OCH3 is 1. The first-order valence-corrected chi connectivity index (χ1v) is 7.67. The van der Waals surface area contributed by atoms with Crippen molar-refractivity contribution in [3.05, 3.63) is 58.6 Å². The third-order valence-corrected chi connectivity index (χ3v) is 3.99. The van der Waals surface area contributed by atoms with Crippen LogP contribution in [-0.2, 0) is 0 Å². The van der Waals surface area contributed by atoms with Gasteiger partial charge in [0.15, 0.2) is 0 Å². The molecule has 0 fully saturated rings. The van der Waals surface area contributed by atoms with Gasteiger partial charge in [0, 0.05) is 10.7 Å². The Morgan fingerprint density at radius 1 is 1.23 bits per heavy atom. The van der Waals surface area contributed by atoms with Crippen molar-refractivity contribution in [1.29, 1.82) is 0 Å². The summed E-state index contributed by atoms with van der Waals surface area (Å²) >= 11 is 5.96. The second-order valence-electron chi connectivity index (χ2n) is 5.23. The topological polar surface area (TPSA) is 38.3 Å². The first-order valence-electron chi connectivity index (χ1n) is 7.30. The SMILES string of the molecule is CC[C@H](C)c1ccc(NC(=O)c2cc(Cl)ccc2OC)cc1. The monoisotopic (exact) mass is 317 g/mol. The smallest absolute Gasteiger partial charge is 0.259 e. The Kier molecular flexibility index (Phi) is 5.45. The third kappa shape index (κ3) is 3.80. The minimum atomic E-state index is -0.240. The van der Waals surface area contributed by atoms with Crippen molar-refractivity contribution in [2.45, 2.75) is 26.2 Å². The van der Waals surface area contributed by atoms with Crippen molar-refractivity contribution in [2.24, 2.45) is 0 Å². The number of ether oxygens (including phenoxy) is 1. The number of hydrogen-bond donors (Lipinski definition) is 1. The van der Waals surface area contributed by atoms with Gasteiger partial charge < -0.3 is 10.1 Å². The number of halogens is 1. The van der Waals surface area contributed by atoms with Crippen LogP contribution in [0.1, 0.15) is 42.1 Å². The lowest BCUT2D eigenvalue weighted by molar-refractivity contribution is 0.102. The second-order valence-corrected chi connectivity index (χ2v) is 5.67. The molecular formula is C18H20ClNO2. The number of carbonyl (C=O) groups is 1.